The van der Waals surface area contributed by atoms with Crippen LogP contribution in [0.3, 0.4) is 0 Å². The number of ether oxygens (including phenoxy) is 3. The van der Waals surface area contributed by atoms with Crippen molar-refractivity contribution in [2.45, 2.75) is 12.5 Å². The Morgan fingerprint density at radius 1 is 1.11 bits per heavy atom. The molecular formula is C21H20FNO5. The van der Waals surface area contributed by atoms with Crippen molar-refractivity contribution in [2.24, 2.45) is 0 Å². The molecule has 0 aliphatic carbocycles. The Labute approximate surface area is 160 Å². The SMILES string of the molecule is O=c1ccc2ccc(OCCCNC[C@H]3COc4ccc(F)cc4O3)cc2o1. The van der Waals surface area contributed by atoms with Gasteiger partial charge >= 0.3 is 5.63 Å². The van der Waals surface area contributed by atoms with Gasteiger partial charge in [0.15, 0.2) is 11.5 Å². The minimum Gasteiger partial charge on any atom is -0.493 e. The number of rotatable bonds is 7. The summed E-state index contributed by atoms with van der Waals surface area (Å²) in [6.07, 6.45) is 0.619. The second kappa shape index (κ2) is 8.31. The summed E-state index contributed by atoms with van der Waals surface area (Å²) in [6, 6.07) is 12.8. The van der Waals surface area contributed by atoms with Crippen molar-refractivity contribution in [3.63, 3.8) is 0 Å². The Morgan fingerprint density at radius 3 is 2.93 bits per heavy atom. The van der Waals surface area contributed by atoms with E-state index in [1.165, 1.54) is 18.2 Å². The van der Waals surface area contributed by atoms with Crippen LogP contribution in [0.2, 0.25) is 0 Å². The first kappa shape index (κ1) is 18.3. The minimum absolute atomic E-state index is 0.168. The number of hydrogen-bond donors (Lipinski definition) is 1. The molecule has 0 amide bonds. The summed E-state index contributed by atoms with van der Waals surface area (Å²) in [4.78, 5) is 11.3. The van der Waals surface area contributed by atoms with E-state index in [-0.39, 0.29) is 17.5 Å². The summed E-state index contributed by atoms with van der Waals surface area (Å²) in [5, 5.41) is 4.14. The second-order valence-corrected chi connectivity index (χ2v) is 6.50. The molecule has 0 unspecified atom stereocenters. The van der Waals surface area contributed by atoms with Gasteiger partial charge < -0.3 is 23.9 Å². The van der Waals surface area contributed by atoms with E-state index in [0.29, 0.717) is 42.6 Å². The predicted octanol–water partition coefficient (Wildman–Crippen LogP) is 3.13. The van der Waals surface area contributed by atoms with E-state index in [2.05, 4.69) is 5.32 Å². The minimum atomic E-state index is -0.381. The third-order valence-electron chi connectivity index (χ3n) is 4.36. The van der Waals surface area contributed by atoms with E-state index in [0.717, 1.165) is 18.4 Å². The van der Waals surface area contributed by atoms with Gasteiger partial charge in [-0.2, -0.15) is 0 Å². The third kappa shape index (κ3) is 4.43. The van der Waals surface area contributed by atoms with Gasteiger partial charge in [0.2, 0.25) is 0 Å². The van der Waals surface area contributed by atoms with Crippen molar-refractivity contribution in [1.82, 2.24) is 5.32 Å². The van der Waals surface area contributed by atoms with Gasteiger partial charge in [-0.1, -0.05) is 0 Å². The maximum Gasteiger partial charge on any atom is 0.336 e. The highest BCUT2D eigenvalue weighted by molar-refractivity contribution is 5.77. The first-order valence-corrected chi connectivity index (χ1v) is 9.14. The molecule has 146 valence electrons. The van der Waals surface area contributed by atoms with Crippen LogP contribution in [-0.2, 0) is 0 Å². The molecule has 1 N–H and O–H groups in total. The standard InChI is InChI=1S/C21H20FNO5/c22-15-4-6-18-20(10-15)27-17(13-26-18)12-23-8-1-9-25-16-5-2-14-3-7-21(24)28-19(14)11-16/h2-7,10-11,17,23H,1,8-9,12-13H2/t17-/m0/s1. The summed E-state index contributed by atoms with van der Waals surface area (Å²) in [5.74, 6) is 1.31. The first-order chi connectivity index (χ1) is 13.7. The smallest absolute Gasteiger partial charge is 0.336 e. The maximum atomic E-state index is 13.3. The Kier molecular flexibility index (Phi) is 5.43. The maximum absolute atomic E-state index is 13.3. The molecule has 4 rings (SSSR count). The molecule has 2 aromatic carbocycles. The molecule has 1 aromatic heterocycles. The van der Waals surface area contributed by atoms with Crippen molar-refractivity contribution < 1.29 is 23.0 Å². The zero-order chi connectivity index (χ0) is 19.3. The van der Waals surface area contributed by atoms with E-state index in [1.54, 1.807) is 18.2 Å². The molecule has 0 fully saturated rings. The number of nitrogens with one attached hydrogen (secondary N) is 1. The molecule has 1 aliphatic heterocycles. The summed E-state index contributed by atoms with van der Waals surface area (Å²) >= 11 is 0. The van der Waals surface area contributed by atoms with E-state index < -0.39 is 0 Å². The van der Waals surface area contributed by atoms with Crippen molar-refractivity contribution >= 4 is 11.0 Å². The molecule has 0 saturated carbocycles. The van der Waals surface area contributed by atoms with Gasteiger partial charge in [-0.05, 0) is 43.3 Å². The fourth-order valence-corrected chi connectivity index (χ4v) is 2.97. The normalized spacial score (nSPS) is 15.5. The van der Waals surface area contributed by atoms with Crippen LogP contribution < -0.4 is 25.2 Å². The van der Waals surface area contributed by atoms with Crippen LogP contribution in [0.25, 0.3) is 11.0 Å². The van der Waals surface area contributed by atoms with Crippen molar-refractivity contribution in [3.8, 4) is 17.2 Å². The van der Waals surface area contributed by atoms with Gasteiger partial charge in [-0.25, -0.2) is 9.18 Å². The molecule has 7 heteroatoms. The first-order valence-electron chi connectivity index (χ1n) is 9.14. The molecule has 6 nitrogen and oxygen atoms in total. The third-order valence-corrected chi connectivity index (χ3v) is 4.36. The Bertz CT molecular complexity index is 1020. The lowest BCUT2D eigenvalue weighted by Crippen LogP contribution is -2.39. The molecule has 0 saturated heterocycles. The predicted molar refractivity (Wildman–Crippen MR) is 102 cm³/mol. The molecular weight excluding hydrogens is 365 g/mol. The number of halogens is 1. The number of hydrogen-bond acceptors (Lipinski definition) is 6. The van der Waals surface area contributed by atoms with Crippen molar-refractivity contribution in [3.05, 3.63) is 64.8 Å². The molecule has 1 aliphatic rings. The van der Waals surface area contributed by atoms with E-state index in [4.69, 9.17) is 18.6 Å². The van der Waals surface area contributed by atoms with Crippen LogP contribution in [-0.4, -0.2) is 32.4 Å². The number of fused-ring (bicyclic) bond motifs is 2. The summed E-state index contributed by atoms with van der Waals surface area (Å²) < 4.78 is 35.5. The lowest BCUT2D eigenvalue weighted by atomic mass is 10.2. The van der Waals surface area contributed by atoms with Gasteiger partial charge in [0.25, 0.3) is 0 Å². The number of benzene rings is 2. The van der Waals surface area contributed by atoms with Crippen LogP contribution in [0.15, 0.2) is 57.7 Å². The van der Waals surface area contributed by atoms with Crippen molar-refractivity contribution in [1.29, 1.82) is 0 Å². The molecule has 0 radical (unpaired) electrons. The van der Waals surface area contributed by atoms with Crippen molar-refractivity contribution in [2.75, 3.05) is 26.3 Å². The quantitative estimate of drug-likeness (QED) is 0.498. The van der Waals surface area contributed by atoms with E-state index in [9.17, 15) is 9.18 Å². The highest BCUT2D eigenvalue weighted by atomic mass is 19.1. The van der Waals surface area contributed by atoms with Crippen LogP contribution >= 0.6 is 0 Å². The second-order valence-electron chi connectivity index (χ2n) is 6.50. The monoisotopic (exact) mass is 385 g/mol. The van der Waals surface area contributed by atoms with Gasteiger partial charge in [0.1, 0.15) is 29.9 Å². The zero-order valence-electron chi connectivity index (χ0n) is 15.2. The van der Waals surface area contributed by atoms with E-state index in [1.807, 2.05) is 12.1 Å². The van der Waals surface area contributed by atoms with Crippen LogP contribution in [0, 0.1) is 5.82 Å². The zero-order valence-corrected chi connectivity index (χ0v) is 15.2. The van der Waals surface area contributed by atoms with Gasteiger partial charge in [0, 0.05) is 30.1 Å². The fraction of sp³-hybridized carbons (Fsp3) is 0.286. The highest BCUT2D eigenvalue weighted by Crippen LogP contribution is 2.31. The Balaban J connectivity index is 1.18. The van der Waals surface area contributed by atoms with Crippen LogP contribution in [0.4, 0.5) is 4.39 Å². The molecule has 3 aromatic rings. The summed E-state index contributed by atoms with van der Waals surface area (Å²) in [5.41, 5.74) is 0.127. The summed E-state index contributed by atoms with van der Waals surface area (Å²) in [6.45, 7) is 2.27. The topological polar surface area (TPSA) is 69.9 Å². The molecule has 0 bridgehead atoms. The van der Waals surface area contributed by atoms with Crippen LogP contribution in [0.1, 0.15) is 6.42 Å². The lowest BCUT2D eigenvalue weighted by molar-refractivity contribution is 0.0897. The van der Waals surface area contributed by atoms with Gasteiger partial charge in [0.05, 0.1) is 6.61 Å². The lowest BCUT2D eigenvalue weighted by Gasteiger charge is -2.26. The molecule has 0 spiro atoms. The molecule has 1 atom stereocenters. The van der Waals surface area contributed by atoms with E-state index >= 15 is 0 Å². The molecule has 28 heavy (non-hydrogen) atoms. The largest absolute Gasteiger partial charge is 0.493 e. The highest BCUT2D eigenvalue weighted by Gasteiger charge is 2.20. The van der Waals surface area contributed by atoms with Gasteiger partial charge in [-0.3, -0.25) is 0 Å². The summed E-state index contributed by atoms with van der Waals surface area (Å²) in [7, 11) is 0. The van der Waals surface area contributed by atoms with Gasteiger partial charge in [-0.15, -0.1) is 0 Å². The molecule has 2 heterocycles. The Morgan fingerprint density at radius 2 is 2.00 bits per heavy atom. The average molecular weight is 385 g/mol. The van der Waals surface area contributed by atoms with Crippen LogP contribution in [0.5, 0.6) is 17.2 Å². The fourth-order valence-electron chi connectivity index (χ4n) is 2.97. The Hall–Kier alpha value is -3.06. The average Bonchev–Trinajstić information content (AvgIpc) is 2.70.